The molecule has 1 aromatic carbocycles. The van der Waals surface area contributed by atoms with Crippen molar-refractivity contribution in [3.63, 3.8) is 0 Å². The van der Waals surface area contributed by atoms with Gasteiger partial charge >= 0.3 is 0 Å². The third-order valence-electron chi connectivity index (χ3n) is 4.47. The number of imidazole rings is 1. The number of sulfonamides is 1. The van der Waals surface area contributed by atoms with E-state index in [0.29, 0.717) is 31.6 Å². The van der Waals surface area contributed by atoms with Gasteiger partial charge in [-0.2, -0.15) is 4.31 Å². The van der Waals surface area contributed by atoms with Crippen LogP contribution in [-0.2, 0) is 10.0 Å². The van der Waals surface area contributed by atoms with Crippen LogP contribution in [0.3, 0.4) is 0 Å². The van der Waals surface area contributed by atoms with Crippen LogP contribution < -0.4 is 0 Å². The highest BCUT2D eigenvalue weighted by atomic mass is 32.2. The number of aromatic nitrogens is 2. The molecule has 0 aliphatic carbocycles. The molecular weight excluding hydrogens is 356 g/mol. The molecule has 1 amide bonds. The monoisotopic (exact) mass is 374 g/mol. The van der Waals surface area contributed by atoms with E-state index in [1.54, 1.807) is 11.0 Å². The van der Waals surface area contributed by atoms with Crippen LogP contribution in [-0.4, -0.2) is 59.7 Å². The number of amides is 1. The summed E-state index contributed by atoms with van der Waals surface area (Å²) in [4.78, 5) is 20.8. The number of fused-ring (bicyclic) bond motifs is 1. The van der Waals surface area contributed by atoms with Crippen LogP contribution in [0.15, 0.2) is 52.3 Å². The fourth-order valence-corrected chi connectivity index (χ4v) is 4.47. The van der Waals surface area contributed by atoms with Crippen molar-refractivity contribution < 1.29 is 17.6 Å². The van der Waals surface area contributed by atoms with Crippen LogP contribution in [0.5, 0.6) is 0 Å². The number of hydrogen-bond donors (Lipinski definition) is 1. The van der Waals surface area contributed by atoms with Gasteiger partial charge in [-0.1, -0.05) is 18.2 Å². The van der Waals surface area contributed by atoms with Gasteiger partial charge in [-0.15, -0.1) is 0 Å². The second kappa shape index (κ2) is 6.58. The van der Waals surface area contributed by atoms with Gasteiger partial charge in [-0.3, -0.25) is 4.79 Å². The summed E-state index contributed by atoms with van der Waals surface area (Å²) in [5.41, 5.74) is 0.661. The number of rotatable bonds is 3. The first-order chi connectivity index (χ1) is 12.6. The molecule has 9 heteroatoms. The number of aromatic amines is 1. The highest BCUT2D eigenvalue weighted by Crippen LogP contribution is 2.21. The molecule has 1 aliphatic heterocycles. The molecule has 4 rings (SSSR count). The number of para-hydroxylation sites is 1. The number of nitrogens with one attached hydrogen (secondary N) is 1. The number of carbonyl (C=O) groups excluding carboxylic acids is 1. The lowest BCUT2D eigenvalue weighted by Gasteiger charge is -2.20. The molecule has 0 bridgehead atoms. The van der Waals surface area contributed by atoms with Crippen molar-refractivity contribution in [1.82, 2.24) is 19.2 Å². The van der Waals surface area contributed by atoms with Crippen LogP contribution >= 0.6 is 0 Å². The number of hydrogen-bond acceptors (Lipinski definition) is 5. The van der Waals surface area contributed by atoms with E-state index in [2.05, 4.69) is 9.97 Å². The minimum atomic E-state index is -3.62. The van der Waals surface area contributed by atoms with Gasteiger partial charge < -0.3 is 14.3 Å². The van der Waals surface area contributed by atoms with Gasteiger partial charge in [0.05, 0.1) is 12.5 Å². The van der Waals surface area contributed by atoms with Gasteiger partial charge in [0, 0.05) is 31.6 Å². The van der Waals surface area contributed by atoms with Gasteiger partial charge in [-0.25, -0.2) is 13.4 Å². The maximum absolute atomic E-state index is 12.8. The van der Waals surface area contributed by atoms with Gasteiger partial charge in [0.15, 0.2) is 10.8 Å². The quantitative estimate of drug-likeness (QED) is 0.752. The van der Waals surface area contributed by atoms with E-state index in [-0.39, 0.29) is 23.2 Å². The Bertz CT molecular complexity index is 993. The Morgan fingerprint density at radius 3 is 2.77 bits per heavy atom. The molecule has 3 heterocycles. The van der Waals surface area contributed by atoms with Crippen LogP contribution in [0.25, 0.3) is 11.0 Å². The predicted octanol–water partition coefficient (Wildman–Crippen LogP) is 1.69. The molecule has 0 saturated carbocycles. The smallest absolute Gasteiger partial charge is 0.289 e. The largest absolute Gasteiger partial charge is 0.451 e. The van der Waals surface area contributed by atoms with Crippen molar-refractivity contribution in [2.24, 2.45) is 0 Å². The highest BCUT2D eigenvalue weighted by Gasteiger charge is 2.30. The van der Waals surface area contributed by atoms with Crippen LogP contribution in [0.2, 0.25) is 0 Å². The van der Waals surface area contributed by atoms with Crippen molar-refractivity contribution in [2.45, 2.75) is 11.4 Å². The van der Waals surface area contributed by atoms with E-state index in [1.807, 2.05) is 24.3 Å². The van der Waals surface area contributed by atoms with E-state index in [1.165, 1.54) is 16.8 Å². The van der Waals surface area contributed by atoms with E-state index in [0.717, 1.165) is 5.39 Å². The number of nitrogens with zero attached hydrogens (tertiary/aromatic N) is 3. The number of benzene rings is 1. The Labute approximate surface area is 150 Å². The van der Waals surface area contributed by atoms with Crippen LogP contribution in [0.4, 0.5) is 0 Å². The predicted molar refractivity (Wildman–Crippen MR) is 94.1 cm³/mol. The summed E-state index contributed by atoms with van der Waals surface area (Å²) in [5, 5.41) is 0.934. The second-order valence-corrected chi connectivity index (χ2v) is 8.02. The summed E-state index contributed by atoms with van der Waals surface area (Å²) >= 11 is 0. The average Bonchev–Trinajstić information content (AvgIpc) is 3.26. The zero-order valence-electron chi connectivity index (χ0n) is 14.0. The van der Waals surface area contributed by atoms with E-state index in [4.69, 9.17) is 4.42 Å². The van der Waals surface area contributed by atoms with E-state index < -0.39 is 10.0 Å². The first kappa shape index (κ1) is 16.8. The normalized spacial score (nSPS) is 16.7. The van der Waals surface area contributed by atoms with Crippen molar-refractivity contribution in [3.05, 3.63) is 48.6 Å². The lowest BCUT2D eigenvalue weighted by molar-refractivity contribution is 0.0734. The second-order valence-electron chi connectivity index (χ2n) is 6.11. The molecule has 0 spiro atoms. The molecule has 26 heavy (non-hydrogen) atoms. The maximum atomic E-state index is 12.8. The molecule has 0 atom stereocenters. The highest BCUT2D eigenvalue weighted by molar-refractivity contribution is 7.89. The molecule has 3 aromatic rings. The maximum Gasteiger partial charge on any atom is 0.289 e. The van der Waals surface area contributed by atoms with Crippen molar-refractivity contribution >= 4 is 26.9 Å². The Balaban J connectivity index is 1.50. The fourth-order valence-electron chi connectivity index (χ4n) is 3.10. The number of carbonyl (C=O) groups is 1. The molecule has 2 aromatic heterocycles. The van der Waals surface area contributed by atoms with Crippen molar-refractivity contribution in [1.29, 1.82) is 0 Å². The third-order valence-corrected chi connectivity index (χ3v) is 6.29. The fraction of sp³-hybridized carbons (Fsp3) is 0.294. The zero-order chi connectivity index (χ0) is 18.1. The van der Waals surface area contributed by atoms with Gasteiger partial charge in [0.25, 0.3) is 15.9 Å². The molecule has 1 N–H and O–H groups in total. The summed E-state index contributed by atoms with van der Waals surface area (Å²) < 4.78 is 32.2. The van der Waals surface area contributed by atoms with Gasteiger partial charge in [0.2, 0.25) is 0 Å². The van der Waals surface area contributed by atoms with E-state index >= 15 is 0 Å². The van der Waals surface area contributed by atoms with E-state index in [9.17, 15) is 13.2 Å². The summed E-state index contributed by atoms with van der Waals surface area (Å²) in [7, 11) is -3.62. The topological polar surface area (TPSA) is 99.5 Å². The van der Waals surface area contributed by atoms with Crippen LogP contribution in [0, 0.1) is 0 Å². The summed E-state index contributed by atoms with van der Waals surface area (Å²) in [6.07, 6.45) is 3.18. The molecule has 8 nitrogen and oxygen atoms in total. The first-order valence-corrected chi connectivity index (χ1v) is 9.76. The number of H-pyrrole nitrogens is 1. The van der Waals surface area contributed by atoms with Crippen molar-refractivity contribution in [3.8, 4) is 0 Å². The summed E-state index contributed by atoms with van der Waals surface area (Å²) in [5.74, 6) is 0.0538. The minimum absolute atomic E-state index is 0.0644. The Morgan fingerprint density at radius 1 is 1.15 bits per heavy atom. The molecule has 0 unspecified atom stereocenters. The molecule has 136 valence electrons. The average molecular weight is 374 g/mol. The third kappa shape index (κ3) is 2.99. The van der Waals surface area contributed by atoms with Crippen LogP contribution in [0.1, 0.15) is 17.0 Å². The SMILES string of the molecule is O=C(c1cc2ccccc2o1)N1CCCN(S(=O)(=O)c2cnc[nH]2)CC1. The minimum Gasteiger partial charge on any atom is -0.451 e. The molecular formula is C17H18N4O4S. The van der Waals surface area contributed by atoms with Crippen molar-refractivity contribution in [2.75, 3.05) is 26.2 Å². The zero-order valence-corrected chi connectivity index (χ0v) is 14.8. The van der Waals surface area contributed by atoms with Gasteiger partial charge in [-0.05, 0) is 18.6 Å². The Kier molecular flexibility index (Phi) is 4.25. The van der Waals surface area contributed by atoms with Gasteiger partial charge in [0.1, 0.15) is 5.58 Å². The lowest BCUT2D eigenvalue weighted by atomic mass is 10.2. The molecule has 1 aliphatic rings. The molecule has 0 radical (unpaired) electrons. The standard InChI is InChI=1S/C17H18N4O4S/c22-17(15-10-13-4-1-2-5-14(13)25-15)20-6-3-7-21(9-8-20)26(23,24)16-11-18-12-19-16/h1-2,4-5,10-12H,3,6-9H2,(H,18,19). The summed E-state index contributed by atoms with van der Waals surface area (Å²) in [6.45, 7) is 1.37. The lowest BCUT2D eigenvalue weighted by Crippen LogP contribution is -2.37. The summed E-state index contributed by atoms with van der Waals surface area (Å²) in [6, 6.07) is 9.16. The number of furan rings is 1. The Hall–Kier alpha value is -2.65. The Morgan fingerprint density at radius 2 is 2.00 bits per heavy atom. The molecule has 1 saturated heterocycles. The first-order valence-electron chi connectivity index (χ1n) is 8.32. The molecule has 1 fully saturated rings.